The Labute approximate surface area is 122 Å². The number of fused-ring (bicyclic) bond motifs is 1. The van der Waals surface area contributed by atoms with E-state index < -0.39 is 5.97 Å². The molecule has 2 amide bonds. The average molecular weight is 291 g/mol. The maximum absolute atomic E-state index is 12.2. The molecule has 2 aliphatic rings. The molecule has 0 bridgehead atoms. The van der Waals surface area contributed by atoms with Gasteiger partial charge in [-0.25, -0.2) is 14.6 Å². The van der Waals surface area contributed by atoms with Crippen LogP contribution in [-0.4, -0.2) is 53.3 Å². The number of morpholine rings is 1. The van der Waals surface area contributed by atoms with E-state index in [0.717, 1.165) is 11.1 Å². The topological polar surface area (TPSA) is 82.1 Å². The fourth-order valence-corrected chi connectivity index (χ4v) is 2.55. The molecule has 21 heavy (non-hydrogen) atoms. The van der Waals surface area contributed by atoms with Crippen LogP contribution in [0.15, 0.2) is 18.2 Å². The number of nitrogens with one attached hydrogen (secondary N) is 1. The first kappa shape index (κ1) is 13.8. The number of benzene rings is 1. The van der Waals surface area contributed by atoms with Crippen molar-refractivity contribution in [3.05, 3.63) is 34.9 Å². The molecule has 7 heteroatoms. The predicted molar refractivity (Wildman–Crippen MR) is 73.6 cm³/mol. The van der Waals surface area contributed by atoms with Crippen molar-refractivity contribution in [1.82, 2.24) is 15.3 Å². The third-order valence-electron chi connectivity index (χ3n) is 3.73. The molecule has 2 N–H and O–H groups in total. The minimum atomic E-state index is -0.950. The van der Waals surface area contributed by atoms with E-state index in [0.29, 0.717) is 39.4 Å². The molecule has 3 rings (SSSR count). The molecule has 0 radical (unpaired) electrons. The van der Waals surface area contributed by atoms with Crippen LogP contribution in [0.4, 0.5) is 4.79 Å². The number of urea groups is 1. The van der Waals surface area contributed by atoms with Gasteiger partial charge in [0.25, 0.3) is 0 Å². The highest BCUT2D eigenvalue weighted by molar-refractivity contribution is 5.88. The van der Waals surface area contributed by atoms with E-state index in [1.165, 1.54) is 0 Å². The molecule has 7 nitrogen and oxygen atoms in total. The van der Waals surface area contributed by atoms with Gasteiger partial charge in [-0.2, -0.15) is 0 Å². The molecule has 1 fully saturated rings. The van der Waals surface area contributed by atoms with E-state index in [-0.39, 0.29) is 11.6 Å². The number of hydrogen-bond donors (Lipinski definition) is 2. The van der Waals surface area contributed by atoms with Crippen LogP contribution in [0.2, 0.25) is 0 Å². The number of carbonyl (C=O) groups excluding carboxylic acids is 1. The average Bonchev–Trinajstić information content (AvgIpc) is 2.91. The monoisotopic (exact) mass is 291 g/mol. The Bertz CT molecular complexity index is 569. The Hall–Kier alpha value is -2.12. The smallest absolute Gasteiger partial charge is 0.335 e. The summed E-state index contributed by atoms with van der Waals surface area (Å²) in [4.78, 5) is 24.9. The second-order valence-electron chi connectivity index (χ2n) is 5.16. The number of amides is 2. The Balaban J connectivity index is 1.63. The second kappa shape index (κ2) is 5.71. The number of carboxylic acid groups (broad SMARTS) is 1. The summed E-state index contributed by atoms with van der Waals surface area (Å²) in [6.07, 6.45) is 0. The number of hydrazine groups is 1. The zero-order chi connectivity index (χ0) is 14.8. The second-order valence-corrected chi connectivity index (χ2v) is 5.16. The fraction of sp³-hybridized carbons (Fsp3) is 0.429. The normalized spacial score (nSPS) is 18.4. The van der Waals surface area contributed by atoms with Crippen LogP contribution >= 0.6 is 0 Å². The number of carbonyl (C=O) groups is 2. The molecule has 1 aromatic carbocycles. The first-order valence-electron chi connectivity index (χ1n) is 6.87. The standard InChI is InChI=1S/C14H17N3O4/c18-13(19)10-1-2-11-8-16(9-12(11)7-10)14(20)15-17-3-5-21-6-4-17/h1-2,7H,3-6,8-9H2,(H,15,20)(H,18,19). The Morgan fingerprint density at radius 1 is 1.14 bits per heavy atom. The van der Waals surface area contributed by atoms with E-state index in [1.807, 2.05) is 5.01 Å². The molecule has 2 aliphatic heterocycles. The number of carboxylic acids is 1. The summed E-state index contributed by atoms with van der Waals surface area (Å²) in [7, 11) is 0. The fourth-order valence-electron chi connectivity index (χ4n) is 2.55. The highest BCUT2D eigenvalue weighted by Crippen LogP contribution is 2.24. The zero-order valence-corrected chi connectivity index (χ0v) is 11.5. The summed E-state index contributed by atoms with van der Waals surface area (Å²) < 4.78 is 5.23. The van der Waals surface area contributed by atoms with Crippen molar-refractivity contribution in [2.45, 2.75) is 13.1 Å². The van der Waals surface area contributed by atoms with E-state index >= 15 is 0 Å². The van der Waals surface area contributed by atoms with Crippen molar-refractivity contribution in [3.8, 4) is 0 Å². The zero-order valence-electron chi connectivity index (χ0n) is 11.5. The van der Waals surface area contributed by atoms with Crippen LogP contribution in [0.25, 0.3) is 0 Å². The third kappa shape index (κ3) is 2.98. The molecule has 0 saturated carbocycles. The first-order valence-corrected chi connectivity index (χ1v) is 6.87. The van der Waals surface area contributed by atoms with E-state index in [9.17, 15) is 9.59 Å². The van der Waals surface area contributed by atoms with E-state index in [2.05, 4.69) is 5.43 Å². The molecular weight excluding hydrogens is 274 g/mol. The Morgan fingerprint density at radius 2 is 1.86 bits per heavy atom. The van der Waals surface area contributed by atoms with Crippen molar-refractivity contribution in [2.24, 2.45) is 0 Å². The molecule has 2 heterocycles. The van der Waals surface area contributed by atoms with Gasteiger partial charge in [0.1, 0.15) is 0 Å². The molecule has 0 atom stereocenters. The number of nitrogens with zero attached hydrogens (tertiary/aromatic N) is 2. The van der Waals surface area contributed by atoms with Gasteiger partial charge in [0.05, 0.1) is 18.8 Å². The molecular formula is C14H17N3O4. The Morgan fingerprint density at radius 3 is 2.57 bits per heavy atom. The van der Waals surface area contributed by atoms with Gasteiger partial charge in [-0.1, -0.05) is 6.07 Å². The van der Waals surface area contributed by atoms with Crippen LogP contribution in [0, 0.1) is 0 Å². The molecule has 1 saturated heterocycles. The number of hydrogen-bond acceptors (Lipinski definition) is 4. The van der Waals surface area contributed by atoms with E-state index in [4.69, 9.17) is 9.84 Å². The van der Waals surface area contributed by atoms with Gasteiger partial charge < -0.3 is 14.7 Å². The summed E-state index contributed by atoms with van der Waals surface area (Å²) in [5, 5.41) is 10.8. The summed E-state index contributed by atoms with van der Waals surface area (Å²) in [5.41, 5.74) is 5.00. The quantitative estimate of drug-likeness (QED) is 0.836. The molecule has 0 spiro atoms. The molecule has 0 unspecified atom stereocenters. The van der Waals surface area contributed by atoms with Crippen LogP contribution < -0.4 is 5.43 Å². The summed E-state index contributed by atoms with van der Waals surface area (Å²) in [6.45, 7) is 3.52. The molecule has 0 aliphatic carbocycles. The van der Waals surface area contributed by atoms with E-state index in [1.54, 1.807) is 23.1 Å². The Kier molecular flexibility index (Phi) is 3.76. The summed E-state index contributed by atoms with van der Waals surface area (Å²) >= 11 is 0. The van der Waals surface area contributed by atoms with Crippen LogP contribution in [0.1, 0.15) is 21.5 Å². The largest absolute Gasteiger partial charge is 0.478 e. The van der Waals surface area contributed by atoms with Crippen molar-refractivity contribution in [3.63, 3.8) is 0 Å². The SMILES string of the molecule is O=C(O)c1ccc2c(c1)CN(C(=O)NN1CCOCC1)C2. The number of rotatable bonds is 2. The lowest BCUT2D eigenvalue weighted by atomic mass is 10.1. The van der Waals surface area contributed by atoms with Crippen LogP contribution in [0.5, 0.6) is 0 Å². The molecule has 1 aromatic rings. The summed E-state index contributed by atoms with van der Waals surface area (Å²) in [5.74, 6) is -0.950. The maximum Gasteiger partial charge on any atom is 0.335 e. The van der Waals surface area contributed by atoms with Crippen LogP contribution in [-0.2, 0) is 17.8 Å². The van der Waals surface area contributed by atoms with Gasteiger partial charge in [0.15, 0.2) is 0 Å². The van der Waals surface area contributed by atoms with Gasteiger partial charge in [-0.15, -0.1) is 0 Å². The lowest BCUT2D eigenvalue weighted by Gasteiger charge is -2.29. The highest BCUT2D eigenvalue weighted by Gasteiger charge is 2.25. The number of ether oxygens (including phenoxy) is 1. The van der Waals surface area contributed by atoms with Crippen molar-refractivity contribution >= 4 is 12.0 Å². The van der Waals surface area contributed by atoms with Gasteiger partial charge >= 0.3 is 12.0 Å². The molecule has 112 valence electrons. The van der Waals surface area contributed by atoms with Crippen LogP contribution in [0.3, 0.4) is 0 Å². The highest BCUT2D eigenvalue weighted by atomic mass is 16.5. The lowest BCUT2D eigenvalue weighted by Crippen LogP contribution is -2.51. The van der Waals surface area contributed by atoms with Gasteiger partial charge in [0.2, 0.25) is 0 Å². The lowest BCUT2D eigenvalue weighted by molar-refractivity contribution is 0.0158. The number of aromatic carboxylic acids is 1. The van der Waals surface area contributed by atoms with Gasteiger partial charge in [-0.3, -0.25) is 5.43 Å². The first-order chi connectivity index (χ1) is 10.1. The third-order valence-corrected chi connectivity index (χ3v) is 3.73. The minimum Gasteiger partial charge on any atom is -0.478 e. The van der Waals surface area contributed by atoms with Gasteiger partial charge in [0, 0.05) is 26.2 Å². The molecule has 0 aromatic heterocycles. The van der Waals surface area contributed by atoms with Crippen molar-refractivity contribution in [2.75, 3.05) is 26.3 Å². The maximum atomic E-state index is 12.2. The van der Waals surface area contributed by atoms with Crippen molar-refractivity contribution in [1.29, 1.82) is 0 Å². The minimum absolute atomic E-state index is 0.162. The predicted octanol–water partition coefficient (Wildman–Crippen LogP) is 0.657. The van der Waals surface area contributed by atoms with Crippen molar-refractivity contribution < 1.29 is 19.4 Å². The summed E-state index contributed by atoms with van der Waals surface area (Å²) in [6, 6.07) is 4.83. The van der Waals surface area contributed by atoms with Gasteiger partial charge in [-0.05, 0) is 23.3 Å².